The number of amides is 1. The number of halogens is 2. The minimum atomic E-state index is -3.95. The van der Waals surface area contributed by atoms with Gasteiger partial charge in [0.2, 0.25) is 48.6 Å². The Balaban J connectivity index is 0.000000167. The smallest absolute Gasteiger partial charge is 0.316 e. The van der Waals surface area contributed by atoms with Crippen molar-refractivity contribution in [1.82, 2.24) is 5.48 Å². The Morgan fingerprint density at radius 1 is 0.355 bits per heavy atom. The lowest BCUT2D eigenvalue weighted by Crippen LogP contribution is -2.47. The number of aliphatic carboxylic acids is 1. The Kier molecular flexibility index (Phi) is 32.4. The van der Waals surface area contributed by atoms with Crippen LogP contribution < -0.4 is 24.4 Å². The van der Waals surface area contributed by atoms with E-state index in [0.29, 0.717) is 88.7 Å². The first-order valence-corrected chi connectivity index (χ1v) is 45.8. The number of sulfone groups is 4. The third kappa shape index (κ3) is 23.8. The summed E-state index contributed by atoms with van der Waals surface area (Å²) in [5, 5.41) is 18.4. The number of para-hydroxylation sites is 4. The number of carboxylic acids is 1. The molecule has 2 fully saturated rings. The van der Waals surface area contributed by atoms with E-state index in [2.05, 4.69) is 26.1 Å². The number of carboxylic acid groups (broad SMARTS) is 1. The molecule has 12 aromatic carbocycles. The molecule has 2 aliphatic heterocycles. The Morgan fingerprint density at radius 2 is 0.603 bits per heavy atom. The van der Waals surface area contributed by atoms with Crippen molar-refractivity contribution >= 4 is 93.8 Å². The van der Waals surface area contributed by atoms with Crippen molar-refractivity contribution in [2.24, 2.45) is 0 Å². The number of hydroxylamine groups is 1. The fraction of sp³-hybridized carbons (Fsp3) is 0.156. The first-order chi connectivity index (χ1) is 58.1. The summed E-state index contributed by atoms with van der Waals surface area (Å²) in [6.45, 7) is 1.28. The number of rotatable bonds is 24. The number of hydrogen-bond acceptors (Lipinski definition) is 22. The maximum Gasteiger partial charge on any atom is 0.316 e. The van der Waals surface area contributed by atoms with Gasteiger partial charge < -0.3 is 43.0 Å². The highest BCUT2D eigenvalue weighted by Crippen LogP contribution is 2.43. The third-order valence-electron chi connectivity index (χ3n) is 19.1. The van der Waals surface area contributed by atoms with Crippen LogP contribution in [0, 0.1) is 0 Å². The Morgan fingerprint density at radius 3 is 0.893 bits per heavy atom. The van der Waals surface area contributed by atoms with Gasteiger partial charge in [0.25, 0.3) is 5.91 Å². The lowest BCUT2D eigenvalue weighted by atomic mass is 9.73. The van der Waals surface area contributed by atoms with E-state index in [0.717, 1.165) is 0 Å². The van der Waals surface area contributed by atoms with Crippen molar-refractivity contribution in [3.05, 3.63) is 338 Å². The third-order valence-corrected chi connectivity index (χ3v) is 26.5. The molecule has 0 aliphatic carbocycles. The van der Waals surface area contributed by atoms with Crippen LogP contribution in [0.1, 0.15) is 47.9 Å². The lowest BCUT2D eigenvalue weighted by molar-refractivity contribution is -0.151. The fourth-order valence-corrected chi connectivity index (χ4v) is 19.2. The van der Waals surface area contributed by atoms with Gasteiger partial charge in [-0.1, -0.05) is 146 Å². The van der Waals surface area contributed by atoms with Crippen molar-refractivity contribution in [2.45, 2.75) is 88.5 Å². The molecule has 2 aliphatic rings. The summed E-state index contributed by atoms with van der Waals surface area (Å²) in [6, 6.07) is 87.0. The number of nitrogens with one attached hydrogen (secondary N) is 1. The fourth-order valence-electron chi connectivity index (χ4n) is 13.1. The van der Waals surface area contributed by atoms with Gasteiger partial charge in [0, 0.05) is 47.8 Å². The van der Waals surface area contributed by atoms with Crippen LogP contribution in [0.5, 0.6) is 46.0 Å². The first-order valence-electron chi connectivity index (χ1n) is 37.0. The van der Waals surface area contributed by atoms with Gasteiger partial charge in [0.1, 0.15) is 46.0 Å². The van der Waals surface area contributed by atoms with E-state index in [4.69, 9.17) is 42.5 Å². The average Bonchev–Trinajstić information content (AvgIpc) is 0.751. The van der Waals surface area contributed by atoms with Gasteiger partial charge in [-0.25, -0.2) is 43.4 Å². The van der Waals surface area contributed by atoms with Crippen LogP contribution >= 0.6 is 21.4 Å². The van der Waals surface area contributed by atoms with Gasteiger partial charge in [0.15, 0.2) is 0 Å². The van der Waals surface area contributed by atoms with Gasteiger partial charge in [-0.3, -0.25) is 24.4 Å². The van der Waals surface area contributed by atoms with Crippen LogP contribution in [0.15, 0.2) is 355 Å². The maximum atomic E-state index is 13.6. The first kappa shape index (κ1) is 91.4. The minimum absolute atomic E-state index is 0.000808. The zero-order chi connectivity index (χ0) is 86.6. The topological polar surface area (TPSA) is 348 Å². The highest BCUT2D eigenvalue weighted by Gasteiger charge is 2.47. The van der Waals surface area contributed by atoms with Gasteiger partial charge in [-0.15, -0.1) is 0 Å². The second kappa shape index (κ2) is 42.9. The van der Waals surface area contributed by atoms with E-state index in [-0.39, 0.29) is 83.6 Å². The number of methoxy groups -OCH3 is 2. The van der Waals surface area contributed by atoms with Crippen LogP contribution in [0.25, 0.3) is 0 Å². The second-order valence-corrected chi connectivity index (χ2v) is 36.8. The van der Waals surface area contributed by atoms with Crippen LogP contribution in [0.2, 0.25) is 0 Å². The SMILES string of the molecule is COC(=O)C1(c2ccccc2S(=O)(=O)c2ccc(Oc3ccccc3)cc2)CCOCC1.COC(=O)Cc1ccccc1S(=O)(=O)c1ccc(Oc2ccccc2)cc1.O=C(NO)C1(c2ccccc2S(=O)(=O)c2ccc(Oc3ccccc3)cc2)CCOCC1.O=C(O)Cc1ccccc1S(=O)(=O)c1ccc(Oc2ccccc2)cc1.O=S(Cl)Cl. The Labute approximate surface area is 712 Å². The summed E-state index contributed by atoms with van der Waals surface area (Å²) in [4.78, 5) is 48.7. The van der Waals surface area contributed by atoms with E-state index in [1.165, 1.54) is 87.0 Å². The summed E-state index contributed by atoms with van der Waals surface area (Å²) in [5.41, 5.74) is 0.896. The standard InChI is InChI=1S/C25H24O6S.C24H23NO6S.C21H18O5S.C20H16O5S.Cl2OS/c1-29-24(26)25(15-17-30-18-16-25)22-9-5-6-10-23(22)32(27,28)21-13-11-20(12-14-21)31-19-7-3-2-4-8-19;26-23(25-27)24(14-16-30-17-15-24)21-8-4-5-9-22(21)32(28,29)20-12-10-19(11-13-20)31-18-6-2-1-3-7-18;1-25-21(22)15-16-7-5-6-10-20(16)27(23,24)19-13-11-18(12-14-19)26-17-8-3-2-4-9-17;21-20(22)14-15-6-4-5-9-19(15)26(23,24)18-12-10-17(11-13-18)25-16-7-2-1-3-8-16;1-4(2)3/h2-14H,15-18H2,1H3;1-13,27H,14-17H2,(H,25,26);2-14H,15H2,1H3;1-13H,14H2,(H,21,22);. The number of hydrogen-bond donors (Lipinski definition) is 3. The van der Waals surface area contributed by atoms with Crippen LogP contribution in [-0.4, -0.2) is 113 Å². The summed E-state index contributed by atoms with van der Waals surface area (Å²) in [6.07, 6.45) is 0.767. The Bertz CT molecular complexity index is 5800. The zero-order valence-electron chi connectivity index (χ0n) is 64.9. The van der Waals surface area contributed by atoms with Crippen molar-refractivity contribution in [3.63, 3.8) is 0 Å². The molecule has 121 heavy (non-hydrogen) atoms. The monoisotopic (exact) mass is 1770 g/mol. The molecule has 0 bridgehead atoms. The molecule has 0 saturated carbocycles. The average molecular weight is 1780 g/mol. The molecule has 31 heteroatoms. The molecule has 2 saturated heterocycles. The molecule has 24 nitrogen and oxygen atoms in total. The summed E-state index contributed by atoms with van der Waals surface area (Å²) in [5.74, 6) is 2.01. The molecule has 3 N–H and O–H groups in total. The van der Waals surface area contributed by atoms with Crippen molar-refractivity contribution < 1.29 is 105 Å². The molecular weight excluding hydrogens is 1690 g/mol. The summed E-state index contributed by atoms with van der Waals surface area (Å²) in [7, 11) is -5.49. The molecule has 1 amide bonds. The molecule has 0 unspecified atom stereocenters. The quantitative estimate of drug-likeness (QED) is 0.0219. The highest BCUT2D eigenvalue weighted by molar-refractivity contribution is 8.26. The van der Waals surface area contributed by atoms with E-state index >= 15 is 0 Å². The van der Waals surface area contributed by atoms with E-state index in [1.807, 2.05) is 97.1 Å². The highest BCUT2D eigenvalue weighted by atomic mass is 36.0. The van der Waals surface area contributed by atoms with Gasteiger partial charge in [-0.05, 0) is 218 Å². The molecule has 0 radical (unpaired) electrons. The molecule has 0 spiro atoms. The van der Waals surface area contributed by atoms with E-state index < -0.39 is 83.2 Å². The van der Waals surface area contributed by atoms with Crippen molar-refractivity contribution in [1.29, 1.82) is 0 Å². The number of esters is 2. The summed E-state index contributed by atoms with van der Waals surface area (Å²) >= 11 is 0. The molecular formula is C90H81Cl2NO23S5. The van der Waals surface area contributed by atoms with E-state index in [1.54, 1.807) is 151 Å². The maximum absolute atomic E-state index is 13.6. The summed E-state index contributed by atoms with van der Waals surface area (Å²) < 4.78 is 159. The molecule has 0 aromatic heterocycles. The largest absolute Gasteiger partial charge is 0.481 e. The molecule has 0 atom stereocenters. The number of carbonyl (C=O) groups is 4. The number of carbonyl (C=O) groups excluding carboxylic acids is 3. The molecule has 628 valence electrons. The Hall–Kier alpha value is -11.9. The van der Waals surface area contributed by atoms with Crippen LogP contribution in [0.4, 0.5) is 0 Å². The van der Waals surface area contributed by atoms with Crippen LogP contribution in [0.3, 0.4) is 0 Å². The number of ether oxygens (including phenoxy) is 8. The van der Waals surface area contributed by atoms with Gasteiger partial charge in [0.05, 0.1) is 77.1 Å². The molecule has 12 aromatic rings. The second-order valence-electron chi connectivity index (χ2n) is 26.6. The van der Waals surface area contributed by atoms with Gasteiger partial charge >= 0.3 is 17.9 Å². The zero-order valence-corrected chi connectivity index (χ0v) is 70.5. The predicted octanol–water partition coefficient (Wildman–Crippen LogP) is 17.4. The predicted molar refractivity (Wildman–Crippen MR) is 452 cm³/mol. The van der Waals surface area contributed by atoms with Crippen molar-refractivity contribution in [2.75, 3.05) is 40.6 Å². The minimum Gasteiger partial charge on any atom is -0.481 e. The van der Waals surface area contributed by atoms with Crippen LogP contribution in [-0.2, 0) is 110 Å². The van der Waals surface area contributed by atoms with Crippen molar-refractivity contribution in [3.8, 4) is 46.0 Å². The molecule has 2 heterocycles. The van der Waals surface area contributed by atoms with E-state index in [9.17, 15) is 58.1 Å². The number of benzene rings is 12. The molecule has 14 rings (SSSR count). The van der Waals surface area contributed by atoms with Gasteiger partial charge in [-0.2, -0.15) is 0 Å². The lowest BCUT2D eigenvalue weighted by Gasteiger charge is -2.36. The normalized spacial score (nSPS) is 13.4.